The maximum Gasteiger partial charge on any atom is 0.161 e. The van der Waals surface area contributed by atoms with Gasteiger partial charge in [0.1, 0.15) is 0 Å². The fraction of sp³-hybridized carbons (Fsp3) is 0.684. The number of nitrogens with zero attached hydrogens (tertiary/aromatic N) is 1. The molecular formula is C19H29NO3. The van der Waals surface area contributed by atoms with Crippen molar-refractivity contribution in [2.24, 2.45) is 11.8 Å². The summed E-state index contributed by atoms with van der Waals surface area (Å²) in [6, 6.07) is -1.96. The monoisotopic (exact) mass is 328 g/mol. The van der Waals surface area contributed by atoms with Crippen LogP contribution >= 0.6 is 0 Å². The molecule has 3 rings (SSSR count). The summed E-state index contributed by atoms with van der Waals surface area (Å²) in [4.78, 5) is 1.64. The van der Waals surface area contributed by atoms with Gasteiger partial charge in [-0.1, -0.05) is 13.8 Å². The Kier molecular flexibility index (Phi) is 2.54. The number of benzene rings is 1. The van der Waals surface area contributed by atoms with E-state index in [0.717, 1.165) is 0 Å². The number of hydrogen-bond acceptors (Lipinski definition) is 4. The second-order valence-corrected chi connectivity index (χ2v) is 6.42. The van der Waals surface area contributed by atoms with E-state index in [1.165, 1.54) is 7.11 Å². The maximum absolute atomic E-state index is 11.1. The molecule has 1 aromatic carbocycles. The summed E-state index contributed by atoms with van der Waals surface area (Å²) in [6.07, 6.45) is -5.16. The SMILES string of the molecule is [2H]c1c2c(c([2H])c(OC)c1OC([2H])([2H])[2H])C1N(CC2)CC([2H])(CC(C)C)C([2H])(O)C1([2H])[2H]. The summed E-state index contributed by atoms with van der Waals surface area (Å²) < 4.78 is 84.3. The van der Waals surface area contributed by atoms with Crippen LogP contribution in [0.3, 0.4) is 0 Å². The lowest BCUT2D eigenvalue weighted by atomic mass is 9.79. The highest BCUT2D eigenvalue weighted by Crippen LogP contribution is 2.43. The molecule has 3 atom stereocenters. The van der Waals surface area contributed by atoms with Gasteiger partial charge in [-0.3, -0.25) is 4.90 Å². The van der Waals surface area contributed by atoms with Crippen LogP contribution in [0.4, 0.5) is 0 Å². The van der Waals surface area contributed by atoms with Gasteiger partial charge in [0.2, 0.25) is 0 Å². The Labute approximate surface area is 152 Å². The number of methoxy groups -OCH3 is 2. The zero-order valence-electron chi connectivity index (χ0n) is 22.7. The van der Waals surface area contributed by atoms with Crippen molar-refractivity contribution in [3.05, 3.63) is 23.2 Å². The van der Waals surface area contributed by atoms with E-state index in [2.05, 4.69) is 0 Å². The van der Waals surface area contributed by atoms with Gasteiger partial charge in [-0.15, -0.1) is 0 Å². The van der Waals surface area contributed by atoms with Gasteiger partial charge in [0, 0.05) is 23.2 Å². The Morgan fingerprint density at radius 2 is 2.26 bits per heavy atom. The summed E-state index contributed by atoms with van der Waals surface area (Å²) in [5, 5.41) is 11.1. The van der Waals surface area contributed by atoms with Gasteiger partial charge in [-0.2, -0.15) is 0 Å². The van der Waals surface area contributed by atoms with E-state index >= 15 is 0 Å². The van der Waals surface area contributed by atoms with E-state index in [1.807, 2.05) is 13.8 Å². The number of rotatable bonds is 4. The van der Waals surface area contributed by atoms with Gasteiger partial charge < -0.3 is 14.6 Å². The number of aliphatic hydroxyl groups is 1. The summed E-state index contributed by atoms with van der Waals surface area (Å²) in [7, 11) is -1.69. The van der Waals surface area contributed by atoms with Crippen LogP contribution in [0, 0.1) is 11.8 Å². The van der Waals surface area contributed by atoms with Crippen molar-refractivity contribution >= 4 is 0 Å². The predicted molar refractivity (Wildman–Crippen MR) is 91.1 cm³/mol. The Hall–Kier alpha value is -1.26. The Morgan fingerprint density at radius 1 is 1.48 bits per heavy atom. The van der Waals surface area contributed by atoms with Crippen LogP contribution in [0.5, 0.6) is 11.5 Å². The molecule has 128 valence electrons. The molecule has 23 heavy (non-hydrogen) atoms. The van der Waals surface area contributed by atoms with Crippen molar-refractivity contribution in [1.29, 1.82) is 0 Å². The average molecular weight is 328 g/mol. The summed E-state index contributed by atoms with van der Waals surface area (Å²) in [6.45, 7) is 3.81. The van der Waals surface area contributed by atoms with Crippen molar-refractivity contribution in [2.45, 2.75) is 45.2 Å². The van der Waals surface area contributed by atoms with E-state index in [9.17, 15) is 5.11 Å². The molecule has 1 aromatic rings. The lowest BCUT2D eigenvalue weighted by molar-refractivity contribution is -0.0191. The second kappa shape index (κ2) is 6.70. The largest absolute Gasteiger partial charge is 0.493 e. The minimum atomic E-state index is -2.88. The first kappa shape index (κ1) is 8.72. The molecule has 1 saturated heterocycles. The molecule has 0 aliphatic carbocycles. The maximum atomic E-state index is 11.1. The number of fused-ring (bicyclic) bond motifs is 3. The smallest absolute Gasteiger partial charge is 0.161 e. The average Bonchev–Trinajstić information content (AvgIpc) is 2.62. The normalized spacial score (nSPS) is 42.3. The van der Waals surface area contributed by atoms with Gasteiger partial charge in [-0.05, 0) is 54.2 Å². The molecular weight excluding hydrogens is 290 g/mol. The van der Waals surface area contributed by atoms with E-state index in [0.29, 0.717) is 0 Å². The van der Waals surface area contributed by atoms with Crippen molar-refractivity contribution in [3.63, 3.8) is 0 Å². The molecule has 0 bridgehead atoms. The van der Waals surface area contributed by atoms with Gasteiger partial charge in [0.15, 0.2) is 11.5 Å². The summed E-state index contributed by atoms with van der Waals surface area (Å²) in [5.41, 5.74) is 0.274. The first-order chi connectivity index (χ1) is 14.5. The Morgan fingerprint density at radius 3 is 2.96 bits per heavy atom. The highest BCUT2D eigenvalue weighted by molar-refractivity contribution is 5.49. The highest BCUT2D eigenvalue weighted by atomic mass is 16.5. The minimum Gasteiger partial charge on any atom is -0.493 e. The molecule has 0 aromatic heterocycles. The molecule has 0 saturated carbocycles. The standard InChI is InChI=1S/C19H29NO3/c1-12(2)7-14-11-20-6-5-13-8-18(22-3)19(23-4)9-15(13)16(20)10-17(14)21/h8-9,12,14,16-17,21H,5-7,10-11H2,1-4H3/i3D3,8D,9D,10D2,14D,17D. The molecule has 2 heterocycles. The van der Waals surface area contributed by atoms with E-state index < -0.39 is 37.2 Å². The van der Waals surface area contributed by atoms with Crippen LogP contribution < -0.4 is 9.47 Å². The van der Waals surface area contributed by atoms with E-state index in [1.54, 1.807) is 4.90 Å². The van der Waals surface area contributed by atoms with E-state index in [4.69, 9.17) is 21.8 Å². The molecule has 0 radical (unpaired) electrons. The minimum absolute atomic E-state index is 0.0539. The second-order valence-electron chi connectivity index (χ2n) is 6.42. The van der Waals surface area contributed by atoms with Gasteiger partial charge in [0.05, 0.1) is 28.5 Å². The quantitative estimate of drug-likeness (QED) is 0.922. The van der Waals surface area contributed by atoms with Crippen LogP contribution in [-0.4, -0.2) is 43.3 Å². The molecule has 4 nitrogen and oxygen atoms in total. The molecule has 4 heteroatoms. The lowest BCUT2D eigenvalue weighted by Gasteiger charge is -2.46. The van der Waals surface area contributed by atoms with Crippen molar-refractivity contribution < 1.29 is 26.9 Å². The van der Waals surface area contributed by atoms with Crippen molar-refractivity contribution in [1.82, 2.24) is 4.90 Å². The van der Waals surface area contributed by atoms with Crippen LogP contribution in [0.2, 0.25) is 0 Å². The zero-order chi connectivity index (χ0) is 24.4. The number of piperidine rings is 1. The zero-order valence-corrected chi connectivity index (χ0v) is 13.7. The molecule has 0 spiro atoms. The first-order valence-corrected chi connectivity index (χ1v) is 7.84. The third-order valence-electron chi connectivity index (χ3n) is 4.29. The number of hydrogen-bond donors (Lipinski definition) is 1. The molecule has 2 aliphatic rings. The fourth-order valence-corrected chi connectivity index (χ4v) is 3.27. The molecule has 1 fully saturated rings. The summed E-state index contributed by atoms with van der Waals surface area (Å²) in [5.74, 6) is -2.60. The highest BCUT2D eigenvalue weighted by Gasteiger charge is 2.38. The van der Waals surface area contributed by atoms with Gasteiger partial charge >= 0.3 is 0 Å². The third kappa shape index (κ3) is 3.20. The molecule has 2 aliphatic heterocycles. The van der Waals surface area contributed by atoms with Gasteiger partial charge in [-0.25, -0.2) is 0 Å². The summed E-state index contributed by atoms with van der Waals surface area (Å²) >= 11 is 0. The predicted octanol–water partition coefficient (Wildman–Crippen LogP) is 3.03. The Balaban J connectivity index is 2.23. The topological polar surface area (TPSA) is 41.9 Å². The van der Waals surface area contributed by atoms with Gasteiger partial charge in [0.25, 0.3) is 0 Å². The number of ether oxygens (including phenoxy) is 2. The van der Waals surface area contributed by atoms with Crippen LogP contribution in [0.15, 0.2) is 12.1 Å². The fourth-order valence-electron chi connectivity index (χ4n) is 3.27. The van der Waals surface area contributed by atoms with Crippen LogP contribution in [0.25, 0.3) is 0 Å². The molecule has 3 unspecified atom stereocenters. The molecule has 0 amide bonds. The Bertz CT molecular complexity index is 903. The van der Waals surface area contributed by atoms with Crippen LogP contribution in [0.1, 0.15) is 56.1 Å². The van der Waals surface area contributed by atoms with Crippen molar-refractivity contribution in [2.75, 3.05) is 27.2 Å². The lowest BCUT2D eigenvalue weighted by Crippen LogP contribution is -2.48. The van der Waals surface area contributed by atoms with E-state index in [-0.39, 0.29) is 60.8 Å². The first-order valence-electron chi connectivity index (χ1n) is 12.3. The molecule has 1 N–H and O–H groups in total. The van der Waals surface area contributed by atoms with Crippen molar-refractivity contribution in [3.8, 4) is 11.5 Å². The third-order valence-corrected chi connectivity index (χ3v) is 4.29. The van der Waals surface area contributed by atoms with Crippen LogP contribution in [-0.2, 0) is 6.42 Å².